The molecule has 0 saturated carbocycles. The number of nitrogens with zero attached hydrogens (tertiary/aromatic N) is 2. The van der Waals surface area contributed by atoms with E-state index >= 15 is 0 Å². The smallest absolute Gasteiger partial charge is 0.414 e. The van der Waals surface area contributed by atoms with Crippen LogP contribution in [0, 0.1) is 6.92 Å². The van der Waals surface area contributed by atoms with E-state index in [2.05, 4.69) is 0 Å². The first-order valence-corrected chi connectivity index (χ1v) is 7.07. The molecule has 0 saturated heterocycles. The summed E-state index contributed by atoms with van der Waals surface area (Å²) >= 11 is 0. The highest BCUT2D eigenvalue weighted by Gasteiger charge is 2.27. The summed E-state index contributed by atoms with van der Waals surface area (Å²) in [5.74, 6) is 0.564. The minimum Gasteiger partial charge on any atom is -1.00 e. The lowest BCUT2D eigenvalue weighted by Crippen LogP contribution is -3.00. The van der Waals surface area contributed by atoms with Crippen LogP contribution in [0.1, 0.15) is 30.2 Å². The van der Waals surface area contributed by atoms with E-state index in [1.54, 1.807) is 14.1 Å². The monoisotopic (exact) mass is 374 g/mol. The van der Waals surface area contributed by atoms with Crippen LogP contribution in [-0.2, 0) is 29.7 Å². The average Bonchev–Trinajstić information content (AvgIpc) is 2.65. The minimum absolute atomic E-state index is 0. The number of hydrogen-bond donors (Lipinski definition) is 0. The van der Waals surface area contributed by atoms with Crippen molar-refractivity contribution >= 4 is 6.09 Å². The Balaban J connectivity index is 0.00000242. The summed E-state index contributed by atoms with van der Waals surface area (Å²) in [5, 5.41) is 0. The van der Waals surface area contributed by atoms with Crippen LogP contribution >= 0.6 is 0 Å². The Morgan fingerprint density at radius 2 is 2.05 bits per heavy atom. The number of amides is 1. The zero-order valence-electron chi connectivity index (χ0n) is 13.7. The lowest BCUT2D eigenvalue weighted by Gasteiger charge is -2.15. The van der Waals surface area contributed by atoms with Gasteiger partial charge in [0.15, 0.2) is 12.5 Å². The predicted octanol–water partition coefficient (Wildman–Crippen LogP) is -1.33. The van der Waals surface area contributed by atoms with E-state index in [0.717, 1.165) is 23.2 Å². The van der Waals surface area contributed by atoms with Gasteiger partial charge in [0.05, 0.1) is 18.8 Å². The first-order valence-electron chi connectivity index (χ1n) is 7.07. The van der Waals surface area contributed by atoms with E-state index in [1.807, 2.05) is 31.7 Å². The Labute approximate surface area is 141 Å². The van der Waals surface area contributed by atoms with Crippen molar-refractivity contribution in [2.75, 3.05) is 14.1 Å². The zero-order chi connectivity index (χ0) is 15.6. The Hall–Kier alpha value is -1.18. The Morgan fingerprint density at radius 1 is 1.41 bits per heavy atom. The van der Waals surface area contributed by atoms with E-state index in [-0.39, 0.29) is 23.3 Å². The summed E-state index contributed by atoms with van der Waals surface area (Å²) in [4.78, 5) is 13.3. The van der Waals surface area contributed by atoms with Gasteiger partial charge in [0, 0.05) is 26.6 Å². The summed E-state index contributed by atoms with van der Waals surface area (Å²) in [6.45, 7) is 4.76. The fourth-order valence-corrected chi connectivity index (χ4v) is 2.17. The number of aromatic nitrogens is 1. The maximum absolute atomic E-state index is 11.9. The number of carbonyl (C=O) groups is 1. The van der Waals surface area contributed by atoms with Gasteiger partial charge in [-0.05, 0) is 6.42 Å². The van der Waals surface area contributed by atoms with Gasteiger partial charge in [0.2, 0.25) is 11.4 Å². The second-order valence-corrected chi connectivity index (χ2v) is 5.38. The minimum atomic E-state index is -0.399. The van der Waals surface area contributed by atoms with Gasteiger partial charge in [-0.25, -0.2) is 9.36 Å². The van der Waals surface area contributed by atoms with Gasteiger partial charge in [-0.15, -0.1) is 0 Å². The normalized spacial score (nSPS) is 17.0. The van der Waals surface area contributed by atoms with Crippen LogP contribution in [0.4, 0.5) is 4.79 Å². The Bertz CT molecular complexity index is 549. The summed E-state index contributed by atoms with van der Waals surface area (Å²) in [7, 11) is 5.24. The van der Waals surface area contributed by atoms with E-state index in [1.165, 1.54) is 4.90 Å². The van der Waals surface area contributed by atoms with Crippen LogP contribution in [-0.4, -0.2) is 31.4 Å². The molecule has 6 nitrogen and oxygen atoms in total. The van der Waals surface area contributed by atoms with Crippen LogP contribution in [0.25, 0.3) is 0 Å². The molecule has 7 heteroatoms. The predicted molar refractivity (Wildman–Crippen MR) is 75.7 cm³/mol. The maximum atomic E-state index is 11.9. The molecule has 2 rings (SSSR count). The van der Waals surface area contributed by atoms with Gasteiger partial charge in [-0.3, -0.25) is 0 Å². The van der Waals surface area contributed by atoms with E-state index in [4.69, 9.17) is 14.2 Å². The number of carbonyl (C=O) groups excluding carboxylic acids is 1. The molecule has 0 aromatic carbocycles. The molecule has 0 bridgehead atoms. The van der Waals surface area contributed by atoms with E-state index < -0.39 is 6.09 Å². The number of rotatable bonds is 2. The third-order valence-corrected chi connectivity index (χ3v) is 3.60. The van der Waals surface area contributed by atoms with E-state index in [0.29, 0.717) is 19.0 Å². The largest absolute Gasteiger partial charge is 1.00 e. The van der Waals surface area contributed by atoms with Crippen molar-refractivity contribution in [3.8, 4) is 5.75 Å². The molecule has 22 heavy (non-hydrogen) atoms. The van der Waals surface area contributed by atoms with Gasteiger partial charge < -0.3 is 36.1 Å². The first kappa shape index (κ1) is 18.9. The second-order valence-electron chi connectivity index (χ2n) is 5.38. The lowest BCUT2D eigenvalue weighted by molar-refractivity contribution is -0.678. The molecule has 124 valence electrons. The van der Waals surface area contributed by atoms with Gasteiger partial charge >= 0.3 is 6.09 Å². The molecule has 0 N–H and O–H groups in total. The van der Waals surface area contributed by atoms with Crippen LogP contribution in [0.5, 0.6) is 5.75 Å². The van der Waals surface area contributed by atoms with Crippen LogP contribution < -0.4 is 26.3 Å². The Kier molecular flexibility index (Phi) is 6.77. The number of halogens is 1. The van der Waals surface area contributed by atoms with Crippen molar-refractivity contribution in [3.05, 3.63) is 23.0 Å². The molecular weight excluding hydrogens is 352 g/mol. The fourth-order valence-electron chi connectivity index (χ4n) is 2.17. The molecule has 1 atom stereocenters. The molecule has 1 unspecified atom stereocenters. The number of aryl methyl sites for hydroxylation is 1. The third kappa shape index (κ3) is 3.97. The quantitative estimate of drug-likeness (QED) is 0.601. The van der Waals surface area contributed by atoms with Gasteiger partial charge in [0.25, 0.3) is 0 Å². The van der Waals surface area contributed by atoms with E-state index in [9.17, 15) is 4.79 Å². The van der Waals surface area contributed by atoms with Crippen molar-refractivity contribution in [1.82, 2.24) is 4.90 Å². The molecule has 0 fully saturated rings. The highest BCUT2D eigenvalue weighted by molar-refractivity contribution is 5.70. The van der Waals surface area contributed by atoms with Gasteiger partial charge in [0.1, 0.15) is 7.05 Å². The molecule has 1 aromatic heterocycles. The molecule has 1 amide bonds. The molecule has 0 spiro atoms. The maximum Gasteiger partial charge on any atom is 0.414 e. The number of hydrogen-bond acceptors (Lipinski definition) is 4. The number of pyridine rings is 1. The second kappa shape index (κ2) is 7.89. The van der Waals surface area contributed by atoms with Crippen LogP contribution in [0.2, 0.25) is 0 Å². The van der Waals surface area contributed by atoms with Gasteiger partial charge in [-0.1, -0.05) is 6.92 Å². The summed E-state index contributed by atoms with van der Waals surface area (Å²) < 4.78 is 18.9. The topological polar surface area (TPSA) is 51.9 Å². The molecule has 1 aliphatic rings. The van der Waals surface area contributed by atoms with Crippen molar-refractivity contribution < 1.29 is 40.6 Å². The van der Waals surface area contributed by atoms with Gasteiger partial charge in [-0.2, -0.15) is 0 Å². The van der Waals surface area contributed by atoms with Crippen molar-refractivity contribution in [1.29, 1.82) is 0 Å². The summed E-state index contributed by atoms with van der Waals surface area (Å²) in [6, 6.07) is 0. The standard InChI is InChI=1S/C15H23N2O4.BrH/c1-6-13-19-8-11-7-17(5)10(2)14(12(11)9-20-13)21-15(18)16(3)4;/h7,13H,6,8-9H2,1-5H3;1H/q+1;/p-1. The molecule has 0 radical (unpaired) electrons. The average molecular weight is 375 g/mol. The number of fused-ring (bicyclic) bond motifs is 1. The molecule has 1 aliphatic heterocycles. The van der Waals surface area contributed by atoms with Crippen LogP contribution in [0.3, 0.4) is 0 Å². The number of ether oxygens (including phenoxy) is 3. The molecular formula is C15H23BrN2O4. The summed E-state index contributed by atoms with van der Waals surface area (Å²) in [5.41, 5.74) is 2.75. The highest BCUT2D eigenvalue weighted by atomic mass is 79.9. The molecule has 2 heterocycles. The molecule has 1 aromatic rings. The molecule has 0 aliphatic carbocycles. The SMILES string of the molecule is CCC1OCc2c[n+](C)c(C)c(OC(=O)N(C)C)c2CO1.[Br-]. The van der Waals surface area contributed by atoms with Crippen molar-refractivity contribution in [2.24, 2.45) is 7.05 Å². The summed E-state index contributed by atoms with van der Waals surface area (Å²) in [6.07, 6.45) is 2.16. The van der Waals surface area contributed by atoms with Crippen LogP contribution in [0.15, 0.2) is 6.20 Å². The third-order valence-electron chi connectivity index (χ3n) is 3.60. The van der Waals surface area contributed by atoms with Crippen molar-refractivity contribution in [2.45, 2.75) is 39.8 Å². The first-order chi connectivity index (χ1) is 9.93. The van der Waals surface area contributed by atoms with Crippen molar-refractivity contribution in [3.63, 3.8) is 0 Å². The zero-order valence-corrected chi connectivity index (χ0v) is 15.3. The lowest BCUT2D eigenvalue weighted by atomic mass is 10.1. The Morgan fingerprint density at radius 3 is 2.64 bits per heavy atom. The highest BCUT2D eigenvalue weighted by Crippen LogP contribution is 2.29. The fraction of sp³-hybridized carbons (Fsp3) is 0.600.